The Labute approximate surface area is 132 Å². The third-order valence-electron chi connectivity index (χ3n) is 3.17. The van der Waals surface area contributed by atoms with E-state index >= 15 is 0 Å². The molecule has 0 saturated carbocycles. The highest BCUT2D eigenvalue weighted by molar-refractivity contribution is 5.92. The van der Waals surface area contributed by atoms with E-state index in [2.05, 4.69) is 5.32 Å². The van der Waals surface area contributed by atoms with Crippen molar-refractivity contribution in [1.82, 2.24) is 0 Å². The average Bonchev–Trinajstić information content (AvgIpc) is 2.52. The number of rotatable bonds is 6. The average molecular weight is 321 g/mol. The van der Waals surface area contributed by atoms with Gasteiger partial charge in [0, 0.05) is 16.8 Å². The zero-order valence-corrected chi connectivity index (χ0v) is 12.6. The van der Waals surface area contributed by atoms with E-state index in [1.807, 2.05) is 6.92 Å². The van der Waals surface area contributed by atoms with Crippen LogP contribution in [0.25, 0.3) is 0 Å². The van der Waals surface area contributed by atoms with Crippen LogP contribution in [0.5, 0.6) is 5.75 Å². The number of nitrogens with one attached hydrogen (secondary N) is 1. The molecule has 0 fully saturated rings. The summed E-state index contributed by atoms with van der Waals surface area (Å²) in [6.45, 7) is 2.04. The molecule has 0 saturated heterocycles. The van der Waals surface area contributed by atoms with Crippen molar-refractivity contribution < 1.29 is 23.4 Å². The Hall–Kier alpha value is -2.47. The maximum atomic E-state index is 13.5. The van der Waals surface area contributed by atoms with Gasteiger partial charge < -0.3 is 15.2 Å². The van der Waals surface area contributed by atoms with Gasteiger partial charge in [-0.3, -0.25) is 4.79 Å². The molecule has 4 nitrogen and oxygen atoms in total. The summed E-state index contributed by atoms with van der Waals surface area (Å²) in [7, 11) is 0. The Morgan fingerprint density at radius 2 is 1.96 bits per heavy atom. The van der Waals surface area contributed by atoms with Crippen molar-refractivity contribution >= 4 is 11.6 Å². The topological polar surface area (TPSA) is 58.6 Å². The summed E-state index contributed by atoms with van der Waals surface area (Å²) in [4.78, 5) is 12.0. The fourth-order valence-corrected chi connectivity index (χ4v) is 2.13. The summed E-state index contributed by atoms with van der Waals surface area (Å²) in [6.07, 6.45) is -0.286. The van der Waals surface area contributed by atoms with Crippen molar-refractivity contribution in [2.45, 2.75) is 20.0 Å². The van der Waals surface area contributed by atoms with E-state index in [4.69, 9.17) is 4.74 Å². The van der Waals surface area contributed by atoms with Crippen molar-refractivity contribution in [3.8, 4) is 5.75 Å². The first kappa shape index (κ1) is 16.9. The van der Waals surface area contributed by atoms with Crippen molar-refractivity contribution in [2.24, 2.45) is 0 Å². The number of carbonyl (C=O) groups excluding carboxylic acids is 1. The Balaban J connectivity index is 2.09. The van der Waals surface area contributed by atoms with Gasteiger partial charge in [0.05, 0.1) is 19.6 Å². The zero-order chi connectivity index (χ0) is 16.8. The highest BCUT2D eigenvalue weighted by Gasteiger charge is 2.11. The third kappa shape index (κ3) is 4.50. The summed E-state index contributed by atoms with van der Waals surface area (Å²) in [5.41, 5.74) is 0.955. The predicted molar refractivity (Wildman–Crippen MR) is 82.2 cm³/mol. The van der Waals surface area contributed by atoms with Crippen molar-refractivity contribution in [3.05, 3.63) is 59.2 Å². The molecule has 122 valence electrons. The van der Waals surface area contributed by atoms with Crippen molar-refractivity contribution in [2.75, 3.05) is 11.9 Å². The summed E-state index contributed by atoms with van der Waals surface area (Å²) in [5.74, 6) is -1.19. The van der Waals surface area contributed by atoms with Gasteiger partial charge in [0.15, 0.2) is 0 Å². The normalized spacial score (nSPS) is 10.4. The molecule has 2 aromatic carbocycles. The molecule has 0 aliphatic heterocycles. The molecule has 0 spiro atoms. The SMILES string of the molecule is CCOc1ccc(NC(=O)Cc2cc(F)ccc2F)cc1CO. The number of aliphatic hydroxyl groups excluding tert-OH is 1. The van der Waals surface area contributed by atoms with Crippen LogP contribution in [-0.2, 0) is 17.8 Å². The maximum Gasteiger partial charge on any atom is 0.228 e. The van der Waals surface area contributed by atoms with Crippen LogP contribution in [0.2, 0.25) is 0 Å². The van der Waals surface area contributed by atoms with Gasteiger partial charge in [-0.05, 0) is 43.3 Å². The van der Waals surface area contributed by atoms with E-state index in [0.29, 0.717) is 23.6 Å². The van der Waals surface area contributed by atoms with Crippen molar-refractivity contribution in [1.29, 1.82) is 0 Å². The highest BCUT2D eigenvalue weighted by atomic mass is 19.1. The van der Waals surface area contributed by atoms with E-state index in [0.717, 1.165) is 18.2 Å². The molecule has 23 heavy (non-hydrogen) atoms. The minimum Gasteiger partial charge on any atom is -0.494 e. The molecule has 2 rings (SSSR count). The number of halogens is 2. The smallest absolute Gasteiger partial charge is 0.228 e. The van der Waals surface area contributed by atoms with Crippen LogP contribution in [0, 0.1) is 11.6 Å². The largest absolute Gasteiger partial charge is 0.494 e. The van der Waals surface area contributed by atoms with Crippen LogP contribution in [0.1, 0.15) is 18.1 Å². The van der Waals surface area contributed by atoms with Gasteiger partial charge in [0.25, 0.3) is 0 Å². The summed E-state index contributed by atoms with van der Waals surface area (Å²) in [6, 6.07) is 7.80. The summed E-state index contributed by atoms with van der Waals surface area (Å²) in [5, 5.41) is 11.9. The van der Waals surface area contributed by atoms with Crippen LogP contribution in [0.15, 0.2) is 36.4 Å². The number of hydrogen-bond donors (Lipinski definition) is 2. The number of aliphatic hydroxyl groups is 1. The first-order valence-electron chi connectivity index (χ1n) is 7.13. The second-order valence-electron chi connectivity index (χ2n) is 4.87. The molecule has 0 aliphatic carbocycles. The molecule has 0 aliphatic rings. The lowest BCUT2D eigenvalue weighted by molar-refractivity contribution is -0.115. The van der Waals surface area contributed by atoms with E-state index in [1.54, 1.807) is 18.2 Å². The Bertz CT molecular complexity index is 704. The van der Waals surface area contributed by atoms with Gasteiger partial charge in [-0.2, -0.15) is 0 Å². The van der Waals surface area contributed by atoms with Crippen molar-refractivity contribution in [3.63, 3.8) is 0 Å². The van der Waals surface area contributed by atoms with Crippen LogP contribution in [0.4, 0.5) is 14.5 Å². The predicted octanol–water partition coefficient (Wildman–Crippen LogP) is 3.04. The molecule has 0 bridgehead atoms. The fraction of sp³-hybridized carbons (Fsp3) is 0.235. The molecule has 2 N–H and O–H groups in total. The number of anilines is 1. The van der Waals surface area contributed by atoms with Crippen LogP contribution in [0.3, 0.4) is 0 Å². The van der Waals surface area contributed by atoms with Gasteiger partial charge in [-0.25, -0.2) is 8.78 Å². The van der Waals surface area contributed by atoms with Gasteiger partial charge in [0.1, 0.15) is 17.4 Å². The van der Waals surface area contributed by atoms with Gasteiger partial charge in [-0.1, -0.05) is 0 Å². The Kier molecular flexibility index (Phi) is 5.65. The second-order valence-corrected chi connectivity index (χ2v) is 4.87. The summed E-state index contributed by atoms with van der Waals surface area (Å²) >= 11 is 0. The van der Waals surface area contributed by atoms with Crippen LogP contribution in [-0.4, -0.2) is 17.6 Å². The van der Waals surface area contributed by atoms with Gasteiger partial charge in [0.2, 0.25) is 5.91 Å². The van der Waals surface area contributed by atoms with Crippen LogP contribution >= 0.6 is 0 Å². The number of ether oxygens (including phenoxy) is 1. The first-order chi connectivity index (χ1) is 11.0. The standard InChI is InChI=1S/C17H17F2NO3/c1-2-23-16-6-4-14(8-12(16)10-21)20-17(22)9-11-7-13(18)3-5-15(11)19/h3-8,21H,2,9-10H2,1H3,(H,20,22). The Morgan fingerprint density at radius 1 is 1.17 bits per heavy atom. The third-order valence-corrected chi connectivity index (χ3v) is 3.17. The second kappa shape index (κ2) is 7.69. The number of amides is 1. The Morgan fingerprint density at radius 3 is 2.65 bits per heavy atom. The quantitative estimate of drug-likeness (QED) is 0.860. The van der Waals surface area contributed by atoms with Gasteiger partial charge in [-0.15, -0.1) is 0 Å². The number of carbonyl (C=O) groups is 1. The molecule has 2 aromatic rings. The molecule has 0 aromatic heterocycles. The molecule has 0 unspecified atom stereocenters. The number of hydrogen-bond acceptors (Lipinski definition) is 3. The number of benzene rings is 2. The lowest BCUT2D eigenvalue weighted by Crippen LogP contribution is -2.15. The monoisotopic (exact) mass is 321 g/mol. The van der Waals surface area contributed by atoms with E-state index in [-0.39, 0.29) is 18.6 Å². The molecule has 6 heteroatoms. The van der Waals surface area contributed by atoms with Crippen LogP contribution < -0.4 is 10.1 Å². The molecule has 1 amide bonds. The maximum absolute atomic E-state index is 13.5. The lowest BCUT2D eigenvalue weighted by Gasteiger charge is -2.11. The molecule has 0 heterocycles. The van der Waals surface area contributed by atoms with E-state index < -0.39 is 17.5 Å². The molecule has 0 radical (unpaired) electrons. The van der Waals surface area contributed by atoms with E-state index in [1.165, 1.54) is 0 Å². The zero-order valence-electron chi connectivity index (χ0n) is 12.6. The highest BCUT2D eigenvalue weighted by Crippen LogP contribution is 2.23. The minimum atomic E-state index is -0.635. The fourth-order valence-electron chi connectivity index (χ4n) is 2.13. The molecular formula is C17H17F2NO3. The van der Waals surface area contributed by atoms with E-state index in [9.17, 15) is 18.7 Å². The van der Waals surface area contributed by atoms with Gasteiger partial charge >= 0.3 is 0 Å². The molecular weight excluding hydrogens is 304 g/mol. The summed E-state index contributed by atoms with van der Waals surface area (Å²) < 4.78 is 32.0. The minimum absolute atomic E-state index is 0.0178. The lowest BCUT2D eigenvalue weighted by atomic mass is 10.1. The molecule has 0 atom stereocenters. The first-order valence-corrected chi connectivity index (χ1v) is 7.13.